The maximum atomic E-state index is 11.5. The summed E-state index contributed by atoms with van der Waals surface area (Å²) in [5.74, 6) is -0.116. The second-order valence-corrected chi connectivity index (χ2v) is 5.82. The van der Waals surface area contributed by atoms with Crippen molar-refractivity contribution in [2.75, 3.05) is 11.5 Å². The molecule has 4 nitrogen and oxygen atoms in total. The number of nitrogens with two attached hydrogens (primary N) is 1. The average molecular weight is 275 g/mol. The van der Waals surface area contributed by atoms with Crippen molar-refractivity contribution in [1.82, 2.24) is 4.98 Å². The minimum atomic E-state index is -0.476. The predicted molar refractivity (Wildman–Crippen MR) is 70.2 cm³/mol. The van der Waals surface area contributed by atoms with Crippen molar-refractivity contribution >= 4 is 35.0 Å². The minimum Gasteiger partial charge on any atom is -0.459 e. The third-order valence-corrected chi connectivity index (χ3v) is 2.79. The molecular weight excluding hydrogens is 260 g/mol. The third-order valence-electron chi connectivity index (χ3n) is 1.59. The largest absolute Gasteiger partial charge is 0.459 e. The van der Waals surface area contributed by atoms with E-state index in [1.165, 1.54) is 18.0 Å². The lowest BCUT2D eigenvalue weighted by atomic mass is 10.2. The zero-order chi connectivity index (χ0) is 13.1. The van der Waals surface area contributed by atoms with Crippen LogP contribution in [0.15, 0.2) is 17.3 Å². The number of pyridine rings is 1. The molecule has 0 amide bonds. The topological polar surface area (TPSA) is 65.2 Å². The molecule has 0 fully saturated rings. The molecule has 94 valence electrons. The first-order valence-electron chi connectivity index (χ1n) is 5.03. The Kier molecular flexibility index (Phi) is 4.65. The van der Waals surface area contributed by atoms with Gasteiger partial charge in [0.15, 0.2) is 0 Å². The molecule has 0 radical (unpaired) electrons. The van der Waals surface area contributed by atoms with Crippen LogP contribution in [0.4, 0.5) is 5.69 Å². The van der Waals surface area contributed by atoms with E-state index in [2.05, 4.69) is 4.98 Å². The standard InChI is InChI=1S/C11H15ClN2O2S/c1-11(2,3)16-9(15)6-17-10-8(13)4-7(12)5-14-10/h4-5H,6,13H2,1-3H3. The summed E-state index contributed by atoms with van der Waals surface area (Å²) in [7, 11) is 0. The fourth-order valence-corrected chi connectivity index (χ4v) is 1.89. The Morgan fingerprint density at radius 1 is 1.59 bits per heavy atom. The molecule has 0 saturated heterocycles. The van der Waals surface area contributed by atoms with Crippen molar-refractivity contribution < 1.29 is 9.53 Å². The molecule has 0 saturated carbocycles. The van der Waals surface area contributed by atoms with E-state index in [0.717, 1.165) is 0 Å². The number of nitrogens with zero attached hydrogens (tertiary/aromatic N) is 1. The van der Waals surface area contributed by atoms with Crippen LogP contribution < -0.4 is 5.73 Å². The van der Waals surface area contributed by atoms with Gasteiger partial charge in [-0.3, -0.25) is 4.79 Å². The Labute approximate surface area is 110 Å². The molecule has 2 N–H and O–H groups in total. The van der Waals surface area contributed by atoms with Gasteiger partial charge in [0.05, 0.1) is 16.5 Å². The van der Waals surface area contributed by atoms with E-state index in [1.54, 1.807) is 6.07 Å². The molecule has 1 aromatic rings. The molecule has 0 aliphatic carbocycles. The zero-order valence-corrected chi connectivity index (χ0v) is 11.6. The van der Waals surface area contributed by atoms with Crippen LogP contribution in [0.2, 0.25) is 5.02 Å². The number of nitrogen functional groups attached to an aromatic ring is 1. The Bertz CT molecular complexity index is 418. The van der Waals surface area contributed by atoms with Crippen LogP contribution in [0.5, 0.6) is 0 Å². The summed E-state index contributed by atoms with van der Waals surface area (Å²) in [5.41, 5.74) is 5.70. The number of rotatable bonds is 3. The minimum absolute atomic E-state index is 0.177. The molecule has 0 aliphatic rings. The monoisotopic (exact) mass is 274 g/mol. The number of aromatic nitrogens is 1. The lowest BCUT2D eigenvalue weighted by Crippen LogP contribution is -2.24. The molecule has 17 heavy (non-hydrogen) atoms. The summed E-state index contributed by atoms with van der Waals surface area (Å²) in [6, 6.07) is 1.60. The second-order valence-electron chi connectivity index (χ2n) is 4.42. The lowest BCUT2D eigenvalue weighted by Gasteiger charge is -2.19. The van der Waals surface area contributed by atoms with E-state index in [1.807, 2.05) is 20.8 Å². The third kappa shape index (κ3) is 5.28. The first kappa shape index (κ1) is 14.1. The summed E-state index contributed by atoms with van der Waals surface area (Å²) < 4.78 is 5.17. The number of anilines is 1. The smallest absolute Gasteiger partial charge is 0.316 e. The van der Waals surface area contributed by atoms with Gasteiger partial charge in [0, 0.05) is 6.20 Å². The molecule has 0 aliphatic heterocycles. The number of halogens is 1. The van der Waals surface area contributed by atoms with Gasteiger partial charge < -0.3 is 10.5 Å². The average Bonchev–Trinajstić information content (AvgIpc) is 2.13. The van der Waals surface area contributed by atoms with Crippen LogP contribution in [-0.2, 0) is 9.53 Å². The number of hydrogen-bond acceptors (Lipinski definition) is 5. The van der Waals surface area contributed by atoms with E-state index in [4.69, 9.17) is 22.1 Å². The Balaban J connectivity index is 2.53. The highest BCUT2D eigenvalue weighted by molar-refractivity contribution is 8.00. The Morgan fingerprint density at radius 3 is 2.76 bits per heavy atom. The Morgan fingerprint density at radius 2 is 2.24 bits per heavy atom. The fourth-order valence-electron chi connectivity index (χ4n) is 1.06. The molecule has 0 unspecified atom stereocenters. The van der Waals surface area contributed by atoms with Crippen LogP contribution in [-0.4, -0.2) is 22.3 Å². The van der Waals surface area contributed by atoms with Crippen molar-refractivity contribution in [1.29, 1.82) is 0 Å². The highest BCUT2D eigenvalue weighted by Gasteiger charge is 2.16. The summed E-state index contributed by atoms with van der Waals surface area (Å²) in [6.07, 6.45) is 1.50. The number of esters is 1. The molecule has 6 heteroatoms. The van der Waals surface area contributed by atoms with Gasteiger partial charge in [0.25, 0.3) is 0 Å². The SMILES string of the molecule is CC(C)(C)OC(=O)CSc1ncc(Cl)cc1N. The zero-order valence-electron chi connectivity index (χ0n) is 9.99. The van der Waals surface area contributed by atoms with E-state index >= 15 is 0 Å². The first-order chi connectivity index (χ1) is 7.78. The lowest BCUT2D eigenvalue weighted by molar-refractivity contribution is -0.151. The van der Waals surface area contributed by atoms with Crippen LogP contribution >= 0.6 is 23.4 Å². The first-order valence-corrected chi connectivity index (χ1v) is 6.40. The highest BCUT2D eigenvalue weighted by Crippen LogP contribution is 2.25. The van der Waals surface area contributed by atoms with E-state index in [9.17, 15) is 4.79 Å². The van der Waals surface area contributed by atoms with Gasteiger partial charge in [-0.25, -0.2) is 4.98 Å². The molecule has 1 aromatic heterocycles. The van der Waals surface area contributed by atoms with Crippen molar-refractivity contribution in [2.24, 2.45) is 0 Å². The van der Waals surface area contributed by atoms with Gasteiger partial charge in [0.1, 0.15) is 10.6 Å². The van der Waals surface area contributed by atoms with Crippen LogP contribution in [0.3, 0.4) is 0 Å². The number of carbonyl (C=O) groups excluding carboxylic acids is 1. The van der Waals surface area contributed by atoms with Gasteiger partial charge in [-0.2, -0.15) is 0 Å². The number of hydrogen-bond donors (Lipinski definition) is 1. The van der Waals surface area contributed by atoms with Gasteiger partial charge in [-0.05, 0) is 26.8 Å². The van der Waals surface area contributed by atoms with Crippen LogP contribution in [0.25, 0.3) is 0 Å². The van der Waals surface area contributed by atoms with Crippen molar-refractivity contribution in [3.63, 3.8) is 0 Å². The predicted octanol–water partition coefficient (Wildman–Crippen LogP) is 2.75. The van der Waals surface area contributed by atoms with Gasteiger partial charge in [-0.1, -0.05) is 23.4 Å². The van der Waals surface area contributed by atoms with Crippen molar-refractivity contribution in [2.45, 2.75) is 31.4 Å². The molecular formula is C11H15ClN2O2S. The van der Waals surface area contributed by atoms with E-state index < -0.39 is 5.60 Å². The highest BCUT2D eigenvalue weighted by atomic mass is 35.5. The van der Waals surface area contributed by atoms with Crippen molar-refractivity contribution in [3.05, 3.63) is 17.3 Å². The number of ether oxygens (including phenoxy) is 1. The van der Waals surface area contributed by atoms with Crippen LogP contribution in [0.1, 0.15) is 20.8 Å². The van der Waals surface area contributed by atoms with Crippen LogP contribution in [0, 0.1) is 0 Å². The molecule has 0 bridgehead atoms. The van der Waals surface area contributed by atoms with E-state index in [-0.39, 0.29) is 11.7 Å². The Hall–Kier alpha value is -0.940. The maximum Gasteiger partial charge on any atom is 0.316 e. The van der Waals surface area contributed by atoms with Gasteiger partial charge in [0.2, 0.25) is 0 Å². The summed E-state index contributed by atoms with van der Waals surface area (Å²) >= 11 is 6.96. The second kappa shape index (κ2) is 5.60. The molecule has 0 aromatic carbocycles. The quantitative estimate of drug-likeness (QED) is 0.678. The summed E-state index contributed by atoms with van der Waals surface area (Å²) in [4.78, 5) is 15.5. The van der Waals surface area contributed by atoms with Gasteiger partial charge >= 0.3 is 5.97 Å². The van der Waals surface area contributed by atoms with Gasteiger partial charge in [-0.15, -0.1) is 0 Å². The molecule has 0 spiro atoms. The molecule has 1 rings (SSSR count). The summed E-state index contributed by atoms with van der Waals surface area (Å²) in [5, 5.41) is 1.06. The van der Waals surface area contributed by atoms with E-state index in [0.29, 0.717) is 15.7 Å². The maximum absolute atomic E-state index is 11.5. The molecule has 0 atom stereocenters. The summed E-state index contributed by atoms with van der Waals surface area (Å²) in [6.45, 7) is 5.47. The fraction of sp³-hybridized carbons (Fsp3) is 0.455. The number of thioether (sulfide) groups is 1. The normalized spacial score (nSPS) is 11.3. The number of carbonyl (C=O) groups is 1. The molecule has 1 heterocycles. The van der Waals surface area contributed by atoms with Crippen molar-refractivity contribution in [3.8, 4) is 0 Å².